The van der Waals surface area contributed by atoms with Gasteiger partial charge in [0.05, 0.1) is 24.5 Å². The molecule has 2 aromatic carbocycles. The molecule has 0 amide bonds. The molecular weight excluding hydrogens is 329 g/mol. The Morgan fingerprint density at radius 3 is 2.83 bits per heavy atom. The van der Waals surface area contributed by atoms with Crippen molar-refractivity contribution < 1.29 is 17.5 Å². The average Bonchev–Trinajstić information content (AvgIpc) is 2.85. The minimum atomic E-state index is -3.48. The Balaban J connectivity index is 1.78. The van der Waals surface area contributed by atoms with Crippen molar-refractivity contribution in [3.63, 3.8) is 0 Å². The number of hydrogen-bond donors (Lipinski definition) is 0. The fourth-order valence-electron chi connectivity index (χ4n) is 3.63. The lowest BCUT2D eigenvalue weighted by atomic mass is 10.1. The standard InChI is InChI=1S/C18H18FNO3S/c19-15-6-3-4-13(10-15)12-20-18-16-7-2-1-5-14(16)11-17(18)23-8-9-24(20,21)22/h1-7,10,17-18H,8-9,11-12H2. The van der Waals surface area contributed by atoms with Gasteiger partial charge in [0.2, 0.25) is 10.0 Å². The summed E-state index contributed by atoms with van der Waals surface area (Å²) in [5.41, 5.74) is 2.75. The third kappa shape index (κ3) is 2.75. The average molecular weight is 347 g/mol. The number of benzene rings is 2. The van der Waals surface area contributed by atoms with Gasteiger partial charge in [-0.3, -0.25) is 0 Å². The zero-order chi connectivity index (χ0) is 16.7. The monoisotopic (exact) mass is 347 g/mol. The van der Waals surface area contributed by atoms with Gasteiger partial charge in [0.25, 0.3) is 0 Å². The van der Waals surface area contributed by atoms with E-state index in [0.29, 0.717) is 12.0 Å². The Hall–Kier alpha value is -1.76. The molecule has 4 nitrogen and oxygen atoms in total. The third-order valence-electron chi connectivity index (χ3n) is 4.72. The summed E-state index contributed by atoms with van der Waals surface area (Å²) in [6.45, 7) is 0.343. The van der Waals surface area contributed by atoms with Gasteiger partial charge in [0.1, 0.15) is 5.82 Å². The Labute approximate surface area is 140 Å². The van der Waals surface area contributed by atoms with Gasteiger partial charge in [0, 0.05) is 13.0 Å². The molecule has 126 valence electrons. The van der Waals surface area contributed by atoms with Crippen LogP contribution in [-0.2, 0) is 27.7 Å². The highest BCUT2D eigenvalue weighted by Crippen LogP contribution is 2.41. The molecule has 6 heteroatoms. The Bertz CT molecular complexity index is 868. The Kier molecular flexibility index (Phi) is 3.90. The largest absolute Gasteiger partial charge is 0.375 e. The molecule has 24 heavy (non-hydrogen) atoms. The predicted octanol–water partition coefficient (Wildman–Crippen LogP) is 2.65. The van der Waals surface area contributed by atoms with Crippen molar-refractivity contribution in [1.82, 2.24) is 4.31 Å². The van der Waals surface area contributed by atoms with Crippen LogP contribution in [0.1, 0.15) is 22.7 Å². The summed E-state index contributed by atoms with van der Waals surface area (Å²) in [4.78, 5) is 0. The molecule has 1 heterocycles. The molecule has 2 unspecified atom stereocenters. The molecule has 0 bridgehead atoms. The van der Waals surface area contributed by atoms with E-state index in [1.54, 1.807) is 12.1 Å². The fraction of sp³-hybridized carbons (Fsp3) is 0.333. The molecule has 2 atom stereocenters. The van der Waals surface area contributed by atoms with Gasteiger partial charge in [-0.05, 0) is 28.8 Å². The van der Waals surface area contributed by atoms with Gasteiger partial charge in [-0.15, -0.1) is 0 Å². The molecule has 2 aliphatic rings. The third-order valence-corrected chi connectivity index (χ3v) is 6.47. The van der Waals surface area contributed by atoms with Crippen molar-refractivity contribution in [2.24, 2.45) is 0 Å². The minimum Gasteiger partial charge on any atom is -0.375 e. The Morgan fingerprint density at radius 2 is 2.00 bits per heavy atom. The van der Waals surface area contributed by atoms with Gasteiger partial charge >= 0.3 is 0 Å². The molecule has 1 saturated heterocycles. The first-order chi connectivity index (χ1) is 11.5. The number of sulfonamides is 1. The summed E-state index contributed by atoms with van der Waals surface area (Å²) >= 11 is 0. The number of hydrogen-bond acceptors (Lipinski definition) is 3. The van der Waals surface area contributed by atoms with E-state index in [1.165, 1.54) is 16.4 Å². The zero-order valence-corrected chi connectivity index (χ0v) is 13.9. The quantitative estimate of drug-likeness (QED) is 0.839. The van der Waals surface area contributed by atoms with Crippen LogP contribution >= 0.6 is 0 Å². The molecule has 1 fully saturated rings. The van der Waals surface area contributed by atoms with Crippen LogP contribution in [0.3, 0.4) is 0 Å². The molecule has 0 radical (unpaired) electrons. The molecule has 4 rings (SSSR count). The van der Waals surface area contributed by atoms with Crippen molar-refractivity contribution in [2.45, 2.75) is 25.1 Å². The van der Waals surface area contributed by atoms with Crippen LogP contribution < -0.4 is 0 Å². The van der Waals surface area contributed by atoms with Crippen molar-refractivity contribution >= 4 is 10.0 Å². The second-order valence-electron chi connectivity index (χ2n) is 6.25. The molecule has 0 saturated carbocycles. The van der Waals surface area contributed by atoms with Crippen molar-refractivity contribution in [3.8, 4) is 0 Å². The number of rotatable bonds is 2. The SMILES string of the molecule is O=S1(=O)CCOC2Cc3ccccc3C2N1Cc1cccc(F)c1. The molecule has 0 spiro atoms. The van der Waals surface area contributed by atoms with Crippen LogP contribution in [0.4, 0.5) is 4.39 Å². The van der Waals surface area contributed by atoms with Crippen molar-refractivity contribution in [1.29, 1.82) is 0 Å². The summed E-state index contributed by atoms with van der Waals surface area (Å²) in [5.74, 6) is -0.406. The molecule has 1 aliphatic carbocycles. The number of nitrogens with zero attached hydrogens (tertiary/aromatic N) is 1. The summed E-state index contributed by atoms with van der Waals surface area (Å²) in [7, 11) is -3.48. The summed E-state index contributed by atoms with van der Waals surface area (Å²) < 4.78 is 46.4. The lowest BCUT2D eigenvalue weighted by Gasteiger charge is -2.29. The number of halogens is 1. The Morgan fingerprint density at radius 1 is 1.17 bits per heavy atom. The van der Waals surface area contributed by atoms with E-state index in [4.69, 9.17) is 4.74 Å². The van der Waals surface area contributed by atoms with Gasteiger partial charge in [-0.2, -0.15) is 4.31 Å². The van der Waals surface area contributed by atoms with Crippen LogP contribution in [0.15, 0.2) is 48.5 Å². The maximum atomic E-state index is 13.5. The van der Waals surface area contributed by atoms with Crippen LogP contribution in [0.2, 0.25) is 0 Å². The van der Waals surface area contributed by atoms with Gasteiger partial charge < -0.3 is 4.74 Å². The van der Waals surface area contributed by atoms with E-state index in [1.807, 2.05) is 24.3 Å². The normalized spacial score (nSPS) is 25.7. The lowest BCUT2D eigenvalue weighted by molar-refractivity contribution is 0.0321. The maximum absolute atomic E-state index is 13.5. The van der Waals surface area contributed by atoms with E-state index in [2.05, 4.69) is 0 Å². The predicted molar refractivity (Wildman–Crippen MR) is 88.4 cm³/mol. The topological polar surface area (TPSA) is 46.6 Å². The van der Waals surface area contributed by atoms with Crippen LogP contribution in [0.5, 0.6) is 0 Å². The second-order valence-corrected chi connectivity index (χ2v) is 8.29. The molecule has 1 aliphatic heterocycles. The van der Waals surface area contributed by atoms with Crippen LogP contribution in [0, 0.1) is 5.82 Å². The summed E-state index contributed by atoms with van der Waals surface area (Å²) in [6.07, 6.45) is 0.518. The maximum Gasteiger partial charge on any atom is 0.217 e. The highest BCUT2D eigenvalue weighted by atomic mass is 32.2. The van der Waals surface area contributed by atoms with Crippen molar-refractivity contribution in [3.05, 3.63) is 71.0 Å². The molecule has 2 aromatic rings. The first-order valence-electron chi connectivity index (χ1n) is 7.98. The van der Waals surface area contributed by atoms with Gasteiger partial charge in [-0.25, -0.2) is 12.8 Å². The summed E-state index contributed by atoms with van der Waals surface area (Å²) in [6, 6.07) is 13.6. The molecule has 0 aromatic heterocycles. The van der Waals surface area contributed by atoms with Crippen molar-refractivity contribution in [2.75, 3.05) is 12.4 Å². The zero-order valence-electron chi connectivity index (χ0n) is 13.1. The first kappa shape index (κ1) is 15.7. The fourth-order valence-corrected chi connectivity index (χ4v) is 5.12. The van der Waals surface area contributed by atoms with Crippen LogP contribution in [0.25, 0.3) is 0 Å². The number of fused-ring (bicyclic) bond motifs is 3. The summed E-state index contributed by atoms with van der Waals surface area (Å²) in [5, 5.41) is 0. The number of ether oxygens (including phenoxy) is 1. The highest BCUT2D eigenvalue weighted by Gasteiger charge is 2.44. The molecular formula is C18H18FNO3S. The van der Waals surface area contributed by atoms with E-state index in [9.17, 15) is 12.8 Å². The highest BCUT2D eigenvalue weighted by molar-refractivity contribution is 7.89. The molecule has 0 N–H and O–H groups in total. The van der Waals surface area contributed by atoms with E-state index in [0.717, 1.165) is 11.1 Å². The lowest BCUT2D eigenvalue weighted by Crippen LogP contribution is -2.37. The first-order valence-corrected chi connectivity index (χ1v) is 9.59. The van der Waals surface area contributed by atoms with Crippen LogP contribution in [-0.4, -0.2) is 31.2 Å². The second kappa shape index (κ2) is 5.95. The van der Waals surface area contributed by atoms with E-state index < -0.39 is 10.0 Å². The minimum absolute atomic E-state index is 0.0442. The van der Waals surface area contributed by atoms with Gasteiger partial charge in [0.15, 0.2) is 0 Å². The van der Waals surface area contributed by atoms with Gasteiger partial charge in [-0.1, -0.05) is 36.4 Å². The smallest absolute Gasteiger partial charge is 0.217 e. The van der Waals surface area contributed by atoms with E-state index >= 15 is 0 Å². The van der Waals surface area contributed by atoms with E-state index in [-0.39, 0.29) is 36.9 Å².